The van der Waals surface area contributed by atoms with Crippen molar-refractivity contribution in [3.63, 3.8) is 0 Å². The largest absolute Gasteiger partial charge is 0.342 e. The van der Waals surface area contributed by atoms with Crippen molar-refractivity contribution in [3.8, 4) is 0 Å². The predicted octanol–water partition coefficient (Wildman–Crippen LogP) is 3.43. The van der Waals surface area contributed by atoms with Crippen molar-refractivity contribution in [2.24, 2.45) is 0 Å². The average Bonchev–Trinajstić information content (AvgIpc) is 2.76. The third-order valence-corrected chi connectivity index (χ3v) is 2.79. The number of halogens is 2. The monoisotopic (exact) mass is 244 g/mol. The predicted molar refractivity (Wildman–Crippen MR) is 65.3 cm³/mol. The molecule has 0 saturated heterocycles. The number of benzene rings is 2. The minimum Gasteiger partial charge on any atom is -0.342 e. The first-order valence-corrected chi connectivity index (χ1v) is 5.60. The lowest BCUT2D eigenvalue weighted by atomic mass is 10.1. The molecule has 2 nitrogen and oxygen atoms in total. The van der Waals surface area contributed by atoms with Gasteiger partial charge < -0.3 is 4.98 Å². The highest BCUT2D eigenvalue weighted by Crippen LogP contribution is 2.15. The number of imidazole rings is 1. The Bertz CT molecular complexity index is 671. The maximum Gasteiger partial charge on any atom is 0.159 e. The van der Waals surface area contributed by atoms with Crippen LogP contribution in [0.4, 0.5) is 8.78 Å². The van der Waals surface area contributed by atoms with Crippen LogP contribution in [0.1, 0.15) is 11.4 Å². The molecule has 0 amide bonds. The van der Waals surface area contributed by atoms with Crippen molar-refractivity contribution in [1.29, 1.82) is 0 Å². The number of H-pyrrole nitrogens is 1. The van der Waals surface area contributed by atoms with Gasteiger partial charge in [-0.15, -0.1) is 0 Å². The fraction of sp³-hybridized carbons (Fsp3) is 0.0714. The summed E-state index contributed by atoms with van der Waals surface area (Å²) < 4.78 is 25.9. The SMILES string of the molecule is Fc1ccc(Cc2nc3ccccc3[nH]2)cc1F. The van der Waals surface area contributed by atoms with E-state index in [0.717, 1.165) is 22.9 Å². The standard InChI is InChI=1S/C14H10F2N2/c15-10-6-5-9(7-11(10)16)8-14-17-12-3-1-2-4-13(12)18-14/h1-7H,8H2,(H,17,18). The summed E-state index contributed by atoms with van der Waals surface area (Å²) in [7, 11) is 0. The topological polar surface area (TPSA) is 28.7 Å². The van der Waals surface area contributed by atoms with Gasteiger partial charge in [0.1, 0.15) is 5.82 Å². The maximum atomic E-state index is 13.1. The van der Waals surface area contributed by atoms with Gasteiger partial charge in [0.15, 0.2) is 11.6 Å². The fourth-order valence-corrected chi connectivity index (χ4v) is 1.93. The van der Waals surface area contributed by atoms with E-state index in [1.54, 1.807) is 6.07 Å². The minimum absolute atomic E-state index is 0.450. The molecule has 90 valence electrons. The van der Waals surface area contributed by atoms with E-state index in [1.807, 2.05) is 24.3 Å². The molecule has 1 aromatic heterocycles. The van der Waals surface area contributed by atoms with Gasteiger partial charge in [-0.3, -0.25) is 0 Å². The number of fused-ring (bicyclic) bond motifs is 1. The van der Waals surface area contributed by atoms with Crippen LogP contribution in [-0.2, 0) is 6.42 Å². The first kappa shape index (κ1) is 10.9. The van der Waals surface area contributed by atoms with E-state index < -0.39 is 11.6 Å². The zero-order chi connectivity index (χ0) is 12.5. The summed E-state index contributed by atoms with van der Waals surface area (Å²) in [5.41, 5.74) is 2.50. The van der Waals surface area contributed by atoms with Crippen molar-refractivity contribution < 1.29 is 8.78 Å². The fourth-order valence-electron chi connectivity index (χ4n) is 1.93. The second kappa shape index (κ2) is 4.22. The molecule has 0 spiro atoms. The van der Waals surface area contributed by atoms with E-state index in [-0.39, 0.29) is 0 Å². The molecule has 0 radical (unpaired) electrons. The smallest absolute Gasteiger partial charge is 0.159 e. The van der Waals surface area contributed by atoms with Gasteiger partial charge in [0.05, 0.1) is 11.0 Å². The molecule has 0 aliphatic carbocycles. The maximum absolute atomic E-state index is 13.1. The molecule has 0 unspecified atom stereocenters. The number of para-hydroxylation sites is 2. The summed E-state index contributed by atoms with van der Waals surface area (Å²) in [5, 5.41) is 0. The van der Waals surface area contributed by atoms with Gasteiger partial charge in [-0.2, -0.15) is 0 Å². The molecule has 0 aliphatic heterocycles. The molecule has 0 atom stereocenters. The van der Waals surface area contributed by atoms with Crippen LogP contribution in [0.2, 0.25) is 0 Å². The lowest BCUT2D eigenvalue weighted by Crippen LogP contribution is -1.93. The van der Waals surface area contributed by atoms with Crippen molar-refractivity contribution in [1.82, 2.24) is 9.97 Å². The summed E-state index contributed by atoms with van der Waals surface area (Å²) in [4.78, 5) is 7.54. The Morgan fingerprint density at radius 3 is 2.61 bits per heavy atom. The van der Waals surface area contributed by atoms with E-state index in [9.17, 15) is 8.78 Å². The van der Waals surface area contributed by atoms with Gasteiger partial charge in [-0.05, 0) is 29.8 Å². The highest BCUT2D eigenvalue weighted by atomic mass is 19.2. The lowest BCUT2D eigenvalue weighted by molar-refractivity contribution is 0.507. The van der Waals surface area contributed by atoms with E-state index in [0.29, 0.717) is 12.0 Å². The molecule has 18 heavy (non-hydrogen) atoms. The van der Waals surface area contributed by atoms with Crippen LogP contribution in [0.5, 0.6) is 0 Å². The van der Waals surface area contributed by atoms with Gasteiger partial charge >= 0.3 is 0 Å². The molecule has 1 heterocycles. The number of aromatic amines is 1. The number of hydrogen-bond acceptors (Lipinski definition) is 1. The Balaban J connectivity index is 1.93. The number of nitrogens with zero attached hydrogens (tertiary/aromatic N) is 1. The zero-order valence-electron chi connectivity index (χ0n) is 9.45. The van der Waals surface area contributed by atoms with Crippen LogP contribution in [0.3, 0.4) is 0 Å². The Kier molecular flexibility index (Phi) is 2.55. The molecule has 3 aromatic rings. The van der Waals surface area contributed by atoms with Gasteiger partial charge in [-0.1, -0.05) is 18.2 Å². The minimum atomic E-state index is -0.830. The first-order chi connectivity index (χ1) is 8.72. The van der Waals surface area contributed by atoms with E-state index in [4.69, 9.17) is 0 Å². The molecule has 3 rings (SSSR count). The van der Waals surface area contributed by atoms with Gasteiger partial charge in [-0.25, -0.2) is 13.8 Å². The van der Waals surface area contributed by atoms with Crippen LogP contribution >= 0.6 is 0 Å². The molecule has 0 saturated carbocycles. The molecular weight excluding hydrogens is 234 g/mol. The summed E-state index contributed by atoms with van der Waals surface area (Å²) >= 11 is 0. The third kappa shape index (κ3) is 1.97. The molecule has 0 aliphatic rings. The number of aromatic nitrogens is 2. The van der Waals surface area contributed by atoms with Crippen molar-refractivity contribution in [2.75, 3.05) is 0 Å². The molecule has 1 N–H and O–H groups in total. The Labute approximate surface area is 102 Å². The number of nitrogens with one attached hydrogen (secondary N) is 1. The van der Waals surface area contributed by atoms with Crippen LogP contribution in [0.25, 0.3) is 11.0 Å². The summed E-state index contributed by atoms with van der Waals surface area (Å²) in [6.07, 6.45) is 0.450. The second-order valence-electron chi connectivity index (χ2n) is 4.13. The van der Waals surface area contributed by atoms with Crippen molar-refractivity contribution >= 4 is 11.0 Å². The molecular formula is C14H10F2N2. The Morgan fingerprint density at radius 1 is 1.00 bits per heavy atom. The molecule has 0 bridgehead atoms. The zero-order valence-corrected chi connectivity index (χ0v) is 9.45. The average molecular weight is 244 g/mol. The van der Waals surface area contributed by atoms with Crippen molar-refractivity contribution in [3.05, 3.63) is 65.5 Å². The number of hydrogen-bond donors (Lipinski definition) is 1. The normalized spacial score (nSPS) is 11.0. The van der Waals surface area contributed by atoms with Crippen LogP contribution in [0.15, 0.2) is 42.5 Å². The molecule has 4 heteroatoms. The Morgan fingerprint density at radius 2 is 1.83 bits per heavy atom. The number of rotatable bonds is 2. The van der Waals surface area contributed by atoms with Gasteiger partial charge in [0.25, 0.3) is 0 Å². The summed E-state index contributed by atoms with van der Waals surface area (Å²) in [5.74, 6) is -0.922. The van der Waals surface area contributed by atoms with Crippen LogP contribution in [-0.4, -0.2) is 9.97 Å². The quantitative estimate of drug-likeness (QED) is 0.735. The highest BCUT2D eigenvalue weighted by molar-refractivity contribution is 5.74. The highest BCUT2D eigenvalue weighted by Gasteiger charge is 2.06. The lowest BCUT2D eigenvalue weighted by Gasteiger charge is -1.99. The van der Waals surface area contributed by atoms with E-state index in [1.165, 1.54) is 6.07 Å². The molecule has 2 aromatic carbocycles. The van der Waals surface area contributed by atoms with E-state index >= 15 is 0 Å². The molecule has 0 fully saturated rings. The van der Waals surface area contributed by atoms with E-state index in [2.05, 4.69) is 9.97 Å². The first-order valence-electron chi connectivity index (χ1n) is 5.60. The summed E-state index contributed by atoms with van der Waals surface area (Å²) in [6, 6.07) is 11.5. The van der Waals surface area contributed by atoms with Crippen molar-refractivity contribution in [2.45, 2.75) is 6.42 Å². The Hall–Kier alpha value is -2.23. The van der Waals surface area contributed by atoms with Crippen LogP contribution < -0.4 is 0 Å². The second-order valence-corrected chi connectivity index (χ2v) is 4.13. The third-order valence-electron chi connectivity index (χ3n) is 2.79. The van der Waals surface area contributed by atoms with Crippen LogP contribution in [0, 0.1) is 11.6 Å². The van der Waals surface area contributed by atoms with Gasteiger partial charge in [0, 0.05) is 6.42 Å². The summed E-state index contributed by atoms with van der Waals surface area (Å²) in [6.45, 7) is 0. The van der Waals surface area contributed by atoms with Gasteiger partial charge in [0.2, 0.25) is 0 Å².